The lowest BCUT2D eigenvalue weighted by Gasteiger charge is -2.34. The lowest BCUT2D eigenvalue weighted by Crippen LogP contribution is -2.47. The van der Waals surface area contributed by atoms with Crippen molar-refractivity contribution in [3.05, 3.63) is 65.7 Å². The number of rotatable bonds is 8. The van der Waals surface area contributed by atoms with E-state index in [9.17, 15) is 4.79 Å². The Kier molecular flexibility index (Phi) is 7.51. The van der Waals surface area contributed by atoms with Gasteiger partial charge in [-0.05, 0) is 45.0 Å². The normalized spacial score (nSPS) is 14.3. The van der Waals surface area contributed by atoms with Gasteiger partial charge in [0.15, 0.2) is 0 Å². The SMILES string of the molecule is Cc1nn(-c2ccccc2)c(C)c1CNC(=O)NCCCN1CCN(c2ncccn2)CC1. The van der Waals surface area contributed by atoms with Gasteiger partial charge in [-0.15, -0.1) is 0 Å². The van der Waals surface area contributed by atoms with Crippen molar-refractivity contribution in [2.75, 3.05) is 44.2 Å². The number of amides is 2. The van der Waals surface area contributed by atoms with Crippen molar-refractivity contribution < 1.29 is 4.79 Å². The van der Waals surface area contributed by atoms with E-state index in [0.717, 1.165) is 67.7 Å². The molecule has 0 atom stereocenters. The van der Waals surface area contributed by atoms with Gasteiger partial charge in [0.2, 0.25) is 5.95 Å². The third kappa shape index (κ3) is 5.87. The molecule has 2 aromatic heterocycles. The molecule has 0 spiro atoms. The van der Waals surface area contributed by atoms with Crippen molar-refractivity contribution in [2.24, 2.45) is 0 Å². The monoisotopic (exact) mass is 448 g/mol. The molecule has 1 saturated heterocycles. The van der Waals surface area contributed by atoms with Crippen LogP contribution in [0.5, 0.6) is 0 Å². The first-order valence-corrected chi connectivity index (χ1v) is 11.5. The van der Waals surface area contributed by atoms with E-state index in [1.165, 1.54) is 0 Å². The number of hydrogen-bond acceptors (Lipinski definition) is 6. The van der Waals surface area contributed by atoms with E-state index < -0.39 is 0 Å². The molecule has 4 rings (SSSR count). The Hall–Kier alpha value is -3.46. The van der Waals surface area contributed by atoms with Crippen LogP contribution < -0.4 is 15.5 Å². The molecular formula is C24H32N8O. The summed E-state index contributed by atoms with van der Waals surface area (Å²) in [5.74, 6) is 0.801. The average molecular weight is 449 g/mol. The Morgan fingerprint density at radius 1 is 0.970 bits per heavy atom. The zero-order valence-electron chi connectivity index (χ0n) is 19.4. The van der Waals surface area contributed by atoms with E-state index in [-0.39, 0.29) is 6.03 Å². The first-order valence-electron chi connectivity index (χ1n) is 11.5. The van der Waals surface area contributed by atoms with Gasteiger partial charge in [-0.2, -0.15) is 5.10 Å². The second-order valence-corrected chi connectivity index (χ2v) is 8.24. The van der Waals surface area contributed by atoms with Crippen LogP contribution >= 0.6 is 0 Å². The summed E-state index contributed by atoms with van der Waals surface area (Å²) in [5, 5.41) is 10.6. The standard InChI is InChI=1S/C24H32N8O/c1-19-22(20(2)32(29-19)21-8-4-3-5-9-21)18-28-24(33)27-12-7-13-30-14-16-31(17-15-30)23-25-10-6-11-26-23/h3-6,8-11H,7,12-18H2,1-2H3,(H2,27,28,33). The van der Waals surface area contributed by atoms with E-state index in [4.69, 9.17) is 0 Å². The highest BCUT2D eigenvalue weighted by molar-refractivity contribution is 5.73. The zero-order chi connectivity index (χ0) is 23.0. The lowest BCUT2D eigenvalue weighted by molar-refractivity contribution is 0.235. The highest BCUT2D eigenvalue weighted by atomic mass is 16.2. The summed E-state index contributed by atoms with van der Waals surface area (Å²) in [7, 11) is 0. The quantitative estimate of drug-likeness (QED) is 0.514. The highest BCUT2D eigenvalue weighted by Crippen LogP contribution is 2.17. The number of aryl methyl sites for hydroxylation is 1. The first kappa shape index (κ1) is 22.7. The fraction of sp³-hybridized carbons (Fsp3) is 0.417. The van der Waals surface area contributed by atoms with Crippen molar-refractivity contribution in [3.63, 3.8) is 0 Å². The van der Waals surface area contributed by atoms with E-state index >= 15 is 0 Å². The van der Waals surface area contributed by atoms with Gasteiger partial charge in [0.25, 0.3) is 0 Å². The van der Waals surface area contributed by atoms with Crippen LogP contribution in [0.3, 0.4) is 0 Å². The van der Waals surface area contributed by atoms with Crippen LogP contribution in [-0.4, -0.2) is 69.9 Å². The van der Waals surface area contributed by atoms with Crippen molar-refractivity contribution in [3.8, 4) is 5.69 Å². The minimum Gasteiger partial charge on any atom is -0.338 e. The maximum atomic E-state index is 12.3. The molecule has 1 aliphatic heterocycles. The second-order valence-electron chi connectivity index (χ2n) is 8.24. The maximum absolute atomic E-state index is 12.3. The average Bonchev–Trinajstić information content (AvgIpc) is 3.15. The zero-order valence-corrected chi connectivity index (χ0v) is 19.4. The molecule has 1 aliphatic rings. The van der Waals surface area contributed by atoms with Crippen molar-refractivity contribution in [1.29, 1.82) is 0 Å². The Labute approximate surface area is 194 Å². The molecule has 174 valence electrons. The summed E-state index contributed by atoms with van der Waals surface area (Å²) in [6, 6.07) is 11.7. The maximum Gasteiger partial charge on any atom is 0.315 e. The summed E-state index contributed by atoms with van der Waals surface area (Å²) in [5.41, 5.74) is 4.04. The van der Waals surface area contributed by atoms with Crippen LogP contribution in [-0.2, 0) is 6.54 Å². The van der Waals surface area contributed by atoms with E-state index in [1.807, 2.05) is 54.9 Å². The molecule has 1 fully saturated rings. The number of carbonyl (C=O) groups is 1. The Morgan fingerprint density at radius 2 is 1.70 bits per heavy atom. The van der Waals surface area contributed by atoms with Crippen molar-refractivity contribution in [1.82, 2.24) is 35.3 Å². The van der Waals surface area contributed by atoms with Gasteiger partial charge in [-0.3, -0.25) is 4.90 Å². The fourth-order valence-corrected chi connectivity index (χ4v) is 4.11. The highest BCUT2D eigenvalue weighted by Gasteiger charge is 2.18. The number of urea groups is 1. The Bertz CT molecular complexity index is 1030. The summed E-state index contributed by atoms with van der Waals surface area (Å²) in [6.45, 7) is 9.89. The van der Waals surface area contributed by atoms with Crippen LogP contribution in [0.4, 0.5) is 10.7 Å². The molecule has 1 aromatic carbocycles. The number of carbonyl (C=O) groups excluding carboxylic acids is 1. The molecule has 3 aromatic rings. The summed E-state index contributed by atoms with van der Waals surface area (Å²) >= 11 is 0. The molecule has 0 saturated carbocycles. The minimum absolute atomic E-state index is 0.146. The van der Waals surface area contributed by atoms with Gasteiger partial charge in [0.1, 0.15) is 0 Å². The topological polar surface area (TPSA) is 91.2 Å². The number of nitrogens with one attached hydrogen (secondary N) is 2. The predicted octanol–water partition coefficient (Wildman–Crippen LogP) is 2.29. The van der Waals surface area contributed by atoms with Gasteiger partial charge in [-0.25, -0.2) is 19.4 Å². The summed E-state index contributed by atoms with van der Waals surface area (Å²) in [4.78, 5) is 25.6. The van der Waals surface area contributed by atoms with E-state index in [2.05, 4.69) is 35.5 Å². The van der Waals surface area contributed by atoms with Gasteiger partial charge >= 0.3 is 6.03 Å². The molecule has 2 amide bonds. The number of piperazine rings is 1. The molecule has 0 unspecified atom stereocenters. The van der Waals surface area contributed by atoms with Crippen LogP contribution in [0, 0.1) is 13.8 Å². The van der Waals surface area contributed by atoms with Crippen LogP contribution in [0.1, 0.15) is 23.4 Å². The molecule has 33 heavy (non-hydrogen) atoms. The number of anilines is 1. The van der Waals surface area contributed by atoms with E-state index in [1.54, 1.807) is 12.4 Å². The Balaban J connectivity index is 1.15. The molecular weight excluding hydrogens is 416 g/mol. The van der Waals surface area contributed by atoms with Crippen LogP contribution in [0.15, 0.2) is 48.8 Å². The molecule has 0 aliphatic carbocycles. The van der Waals surface area contributed by atoms with E-state index in [0.29, 0.717) is 13.1 Å². The molecule has 0 bridgehead atoms. The Morgan fingerprint density at radius 3 is 2.42 bits per heavy atom. The predicted molar refractivity (Wildman–Crippen MR) is 129 cm³/mol. The molecule has 2 N–H and O–H groups in total. The number of aromatic nitrogens is 4. The van der Waals surface area contributed by atoms with Crippen molar-refractivity contribution in [2.45, 2.75) is 26.8 Å². The largest absolute Gasteiger partial charge is 0.338 e. The van der Waals surface area contributed by atoms with Gasteiger partial charge in [-0.1, -0.05) is 18.2 Å². The second kappa shape index (κ2) is 10.9. The molecule has 0 radical (unpaired) electrons. The smallest absolute Gasteiger partial charge is 0.315 e. The first-order chi connectivity index (χ1) is 16.1. The molecule has 9 heteroatoms. The number of nitrogens with zero attached hydrogens (tertiary/aromatic N) is 6. The minimum atomic E-state index is -0.146. The lowest BCUT2D eigenvalue weighted by atomic mass is 10.2. The molecule has 3 heterocycles. The fourth-order valence-electron chi connectivity index (χ4n) is 4.11. The third-order valence-corrected chi connectivity index (χ3v) is 6.01. The van der Waals surface area contributed by atoms with Crippen LogP contribution in [0.25, 0.3) is 5.69 Å². The summed E-state index contributed by atoms with van der Waals surface area (Å²) in [6.07, 6.45) is 4.48. The third-order valence-electron chi connectivity index (χ3n) is 6.01. The van der Waals surface area contributed by atoms with Gasteiger partial charge in [0.05, 0.1) is 11.4 Å². The number of para-hydroxylation sites is 1. The number of hydrogen-bond donors (Lipinski definition) is 2. The molecule has 9 nitrogen and oxygen atoms in total. The summed E-state index contributed by atoms with van der Waals surface area (Å²) < 4.78 is 1.92. The van der Waals surface area contributed by atoms with Gasteiger partial charge in [0, 0.05) is 62.9 Å². The number of benzene rings is 1. The van der Waals surface area contributed by atoms with Crippen LogP contribution in [0.2, 0.25) is 0 Å². The van der Waals surface area contributed by atoms with Crippen molar-refractivity contribution >= 4 is 12.0 Å². The van der Waals surface area contributed by atoms with Gasteiger partial charge < -0.3 is 15.5 Å².